The molecular weight excluding hydrogens is 180 g/mol. The smallest absolute Gasteiger partial charge is 1.00 e. The van der Waals surface area contributed by atoms with E-state index in [-0.39, 0.29) is 61.2 Å². The first-order valence-electron chi connectivity index (χ1n) is 0.239. The molecule has 0 spiro atoms. The maximum absolute atomic E-state index is 4.70. The van der Waals surface area contributed by atoms with Crippen LogP contribution in [0.2, 0.25) is 0 Å². The van der Waals surface area contributed by atoms with Crippen molar-refractivity contribution >= 4 is 28.8 Å². The summed E-state index contributed by atoms with van der Waals surface area (Å²) in [5.41, 5.74) is 0. The number of halogens is 2. The summed E-state index contributed by atoms with van der Waals surface area (Å²) in [5.74, 6) is 0. The molecule has 0 saturated heterocycles. The predicted octanol–water partition coefficient (Wildman–Crippen LogP) is -1.89. The maximum atomic E-state index is 4.70. The Morgan fingerprint density at radius 2 is 1.40 bits per heavy atom. The predicted molar refractivity (Wildman–Crippen MR) is 18.6 cm³/mol. The van der Waals surface area contributed by atoms with Crippen molar-refractivity contribution in [3.63, 3.8) is 0 Å². The zero-order valence-corrected chi connectivity index (χ0v) is 8.27. The molecule has 0 aromatic rings. The fourth-order valence-corrected chi connectivity index (χ4v) is 0. The van der Waals surface area contributed by atoms with Crippen LogP contribution in [-0.2, 0) is 12.7 Å². The molecule has 0 unspecified atom stereocenters. The van der Waals surface area contributed by atoms with Gasteiger partial charge in [-0.3, -0.25) is 0 Å². The van der Waals surface area contributed by atoms with Gasteiger partial charge in [0.05, 0.1) is 0 Å². The molecule has 0 N–H and O–H groups in total. The van der Waals surface area contributed by atoms with Crippen LogP contribution in [0.1, 0.15) is 1.43 Å². The Kier molecular flexibility index (Phi) is 49.6. The summed E-state index contributed by atoms with van der Waals surface area (Å²) in [5, 5.41) is 0. The number of rotatable bonds is 0. The van der Waals surface area contributed by atoms with Gasteiger partial charge in [0.15, 0.2) is 0 Å². The van der Waals surface area contributed by atoms with Gasteiger partial charge in [-0.05, 0) is 0 Å². The molecule has 3 radical (unpaired) electrons. The van der Waals surface area contributed by atoms with E-state index >= 15 is 0 Å². The zero-order valence-electron chi connectivity index (χ0n) is 3.65. The van der Waals surface area contributed by atoms with E-state index in [1.54, 1.807) is 0 Å². The third-order valence-corrected chi connectivity index (χ3v) is 0. The van der Waals surface area contributed by atoms with E-state index in [2.05, 4.69) is 0 Å². The van der Waals surface area contributed by atoms with Gasteiger partial charge in [-0.25, -0.2) is 0 Å². The van der Waals surface area contributed by atoms with Crippen molar-refractivity contribution in [1.29, 1.82) is 0 Å². The monoisotopic (exact) mass is 179 g/mol. The minimum absolute atomic E-state index is 0. The molecular formula is HBCl2KNi. The largest absolute Gasteiger partial charge is 1.00 e. The third kappa shape index (κ3) is 20.1. The normalized spacial score (nSPS) is 4.40. The number of hydrogen-bond acceptors (Lipinski definition) is 0. The van der Waals surface area contributed by atoms with Crippen molar-refractivity contribution < 1.29 is 65.5 Å². The summed E-state index contributed by atoms with van der Waals surface area (Å²) >= 11 is 0.569. The Hall–Kier alpha value is 2.77. The van der Waals surface area contributed by atoms with Crippen LogP contribution in [0.3, 0.4) is 0 Å². The van der Waals surface area contributed by atoms with Gasteiger partial charge in [-0.15, -0.1) is 0 Å². The standard InChI is InChI=1S/B.2ClH.K.Ni.H/h;2*1H;;;/q;;;+1;+2;-1/p-2. The average Bonchev–Trinajstić information content (AvgIpc) is 0.918. The summed E-state index contributed by atoms with van der Waals surface area (Å²) in [6, 6.07) is 0. The molecule has 0 bridgehead atoms. The number of hydrogen-bond donors (Lipinski definition) is 0. The van der Waals surface area contributed by atoms with Crippen LogP contribution in [0, 0.1) is 0 Å². The van der Waals surface area contributed by atoms with Gasteiger partial charge in [-0.1, -0.05) is 0 Å². The van der Waals surface area contributed by atoms with Crippen molar-refractivity contribution in [3.8, 4) is 0 Å². The molecule has 0 nitrogen and oxygen atoms in total. The Morgan fingerprint density at radius 3 is 1.40 bits per heavy atom. The molecule has 0 aromatic heterocycles. The second-order valence-corrected chi connectivity index (χ2v) is 1.68. The minimum atomic E-state index is 0. The molecule has 0 heterocycles. The summed E-state index contributed by atoms with van der Waals surface area (Å²) < 4.78 is 0. The molecule has 5 heteroatoms. The maximum Gasteiger partial charge on any atom is 1.00 e. The Labute approximate surface area is 92.2 Å². The molecule has 0 aromatic carbocycles. The van der Waals surface area contributed by atoms with Gasteiger partial charge in [0.1, 0.15) is 0 Å². The van der Waals surface area contributed by atoms with Gasteiger partial charge in [0, 0.05) is 8.41 Å². The van der Waals surface area contributed by atoms with E-state index in [0.29, 0.717) is 12.7 Å². The van der Waals surface area contributed by atoms with Crippen molar-refractivity contribution in [2.75, 3.05) is 0 Å². The van der Waals surface area contributed by atoms with Gasteiger partial charge < -0.3 is 1.43 Å². The van der Waals surface area contributed by atoms with Crippen LogP contribution in [-0.4, -0.2) is 8.41 Å². The van der Waals surface area contributed by atoms with E-state index in [0.717, 1.165) is 0 Å². The summed E-state index contributed by atoms with van der Waals surface area (Å²) in [6.07, 6.45) is 0. The molecule has 0 amide bonds. The first kappa shape index (κ1) is 15.7. The van der Waals surface area contributed by atoms with Gasteiger partial charge in [-0.2, -0.15) is 0 Å². The molecule has 0 aliphatic rings. The topological polar surface area (TPSA) is 0 Å². The van der Waals surface area contributed by atoms with Crippen LogP contribution < -0.4 is 51.4 Å². The summed E-state index contributed by atoms with van der Waals surface area (Å²) in [6.45, 7) is 0. The first-order chi connectivity index (χ1) is 1.41. The molecule has 29 valence electrons. The second-order valence-electron chi connectivity index (χ2n) is 0.0452. The van der Waals surface area contributed by atoms with E-state index in [9.17, 15) is 0 Å². The van der Waals surface area contributed by atoms with Crippen LogP contribution >= 0.6 is 20.4 Å². The third-order valence-electron chi connectivity index (χ3n) is 0. The van der Waals surface area contributed by atoms with Crippen molar-refractivity contribution in [1.82, 2.24) is 0 Å². The molecule has 0 saturated carbocycles. The van der Waals surface area contributed by atoms with Crippen molar-refractivity contribution in [2.45, 2.75) is 0 Å². The van der Waals surface area contributed by atoms with E-state index in [1.807, 2.05) is 0 Å². The van der Waals surface area contributed by atoms with E-state index < -0.39 is 0 Å². The average molecular weight is 181 g/mol. The van der Waals surface area contributed by atoms with Crippen LogP contribution in [0.25, 0.3) is 0 Å². The fraction of sp³-hybridized carbons (Fsp3) is 0. The van der Waals surface area contributed by atoms with Crippen LogP contribution in [0.4, 0.5) is 0 Å². The molecule has 0 aliphatic carbocycles. The van der Waals surface area contributed by atoms with E-state index in [4.69, 9.17) is 20.4 Å². The Bertz CT molecular complexity index is 13.5. The van der Waals surface area contributed by atoms with Crippen molar-refractivity contribution in [3.05, 3.63) is 0 Å². The van der Waals surface area contributed by atoms with E-state index in [1.165, 1.54) is 0 Å². The zero-order chi connectivity index (χ0) is 2.71. The molecule has 0 atom stereocenters. The minimum Gasteiger partial charge on any atom is -1.00 e. The molecule has 0 fully saturated rings. The quantitative estimate of drug-likeness (QED) is 0.383. The van der Waals surface area contributed by atoms with Crippen LogP contribution in [0.5, 0.6) is 0 Å². The molecule has 0 aliphatic heterocycles. The Morgan fingerprint density at radius 1 is 1.40 bits per heavy atom. The van der Waals surface area contributed by atoms with Gasteiger partial charge in [0.2, 0.25) is 0 Å². The van der Waals surface area contributed by atoms with Crippen LogP contribution in [0.15, 0.2) is 0 Å². The summed E-state index contributed by atoms with van der Waals surface area (Å²) in [4.78, 5) is 0. The molecule has 5 heavy (non-hydrogen) atoms. The Balaban J connectivity index is -0.00000000667. The second kappa shape index (κ2) is 15.9. The summed E-state index contributed by atoms with van der Waals surface area (Å²) in [7, 11) is 9.40. The molecule has 0 rings (SSSR count). The first-order valence-corrected chi connectivity index (χ1v) is 2.96. The van der Waals surface area contributed by atoms with Gasteiger partial charge >= 0.3 is 84.4 Å². The fourth-order valence-electron chi connectivity index (χ4n) is 0. The van der Waals surface area contributed by atoms with Crippen molar-refractivity contribution in [2.24, 2.45) is 0 Å². The van der Waals surface area contributed by atoms with Gasteiger partial charge in [0.25, 0.3) is 0 Å². The SMILES string of the molecule is [B].[Cl][Ni][Cl].[H-].[K+].